The van der Waals surface area contributed by atoms with Gasteiger partial charge in [0.25, 0.3) is 5.91 Å². The molecule has 0 radical (unpaired) electrons. The number of anilines is 2. The van der Waals surface area contributed by atoms with Gasteiger partial charge in [-0.3, -0.25) is 9.10 Å². The van der Waals surface area contributed by atoms with Crippen molar-refractivity contribution in [1.29, 1.82) is 0 Å². The van der Waals surface area contributed by atoms with Crippen molar-refractivity contribution in [2.75, 3.05) is 21.9 Å². The van der Waals surface area contributed by atoms with Crippen LogP contribution in [0.25, 0.3) is 5.82 Å². The predicted molar refractivity (Wildman–Crippen MR) is 120 cm³/mol. The van der Waals surface area contributed by atoms with Crippen LogP contribution < -0.4 is 9.62 Å². The summed E-state index contributed by atoms with van der Waals surface area (Å²) in [6, 6.07) is 13.9. The van der Waals surface area contributed by atoms with Gasteiger partial charge >= 0.3 is 0 Å². The second-order valence-corrected chi connectivity index (χ2v) is 10.5. The molecule has 2 aromatic heterocycles. The van der Waals surface area contributed by atoms with Crippen molar-refractivity contribution >= 4 is 27.4 Å². The lowest BCUT2D eigenvalue weighted by Crippen LogP contribution is -2.25. The average molecular weight is 440 g/mol. The molecule has 1 amide bonds. The Hall–Kier alpha value is -3.20. The molecule has 9 heteroatoms. The van der Waals surface area contributed by atoms with Crippen molar-refractivity contribution in [3.8, 4) is 5.82 Å². The highest BCUT2D eigenvalue weighted by molar-refractivity contribution is 7.93. The van der Waals surface area contributed by atoms with Gasteiger partial charge in [0, 0.05) is 29.8 Å². The van der Waals surface area contributed by atoms with Gasteiger partial charge in [-0.15, -0.1) is 0 Å². The van der Waals surface area contributed by atoms with Crippen LogP contribution in [0.15, 0.2) is 54.7 Å². The summed E-state index contributed by atoms with van der Waals surface area (Å²) in [6.07, 6.45) is 2.28. The minimum absolute atomic E-state index is 0.156. The van der Waals surface area contributed by atoms with Crippen molar-refractivity contribution in [1.82, 2.24) is 14.8 Å². The van der Waals surface area contributed by atoms with Gasteiger partial charge in [-0.05, 0) is 42.8 Å². The number of amides is 1. The van der Waals surface area contributed by atoms with E-state index in [0.29, 0.717) is 35.9 Å². The van der Waals surface area contributed by atoms with Crippen LogP contribution in [0.1, 0.15) is 43.2 Å². The fourth-order valence-corrected chi connectivity index (χ4v) is 4.95. The van der Waals surface area contributed by atoms with Crippen LogP contribution in [0.2, 0.25) is 0 Å². The second kappa shape index (κ2) is 7.81. The normalized spacial score (nSPS) is 15.8. The predicted octanol–water partition coefficient (Wildman–Crippen LogP) is 3.36. The molecule has 1 saturated heterocycles. The molecule has 0 spiro atoms. The number of sulfonamides is 1. The van der Waals surface area contributed by atoms with Gasteiger partial charge in [0.2, 0.25) is 10.0 Å². The summed E-state index contributed by atoms with van der Waals surface area (Å²) >= 11 is 0. The number of nitrogens with zero attached hydrogens (tertiary/aromatic N) is 4. The molecule has 0 saturated carbocycles. The third-order valence-electron chi connectivity index (χ3n) is 5.10. The van der Waals surface area contributed by atoms with E-state index >= 15 is 0 Å². The Labute approximate surface area is 182 Å². The number of carbonyl (C=O) groups excluding carboxylic acids is 1. The molecule has 162 valence electrons. The lowest BCUT2D eigenvalue weighted by atomic mass is 9.92. The first kappa shape index (κ1) is 21.0. The first-order valence-electron chi connectivity index (χ1n) is 10.1. The van der Waals surface area contributed by atoms with E-state index < -0.39 is 10.0 Å². The Bertz CT molecular complexity index is 1200. The summed E-state index contributed by atoms with van der Waals surface area (Å²) in [6.45, 7) is 6.62. The van der Waals surface area contributed by atoms with E-state index in [1.807, 2.05) is 24.3 Å². The van der Waals surface area contributed by atoms with Crippen molar-refractivity contribution < 1.29 is 13.2 Å². The van der Waals surface area contributed by atoms with Crippen LogP contribution in [0.5, 0.6) is 0 Å². The maximum absolute atomic E-state index is 12.9. The molecular formula is C22H25N5O3S. The highest BCUT2D eigenvalue weighted by atomic mass is 32.2. The van der Waals surface area contributed by atoms with Crippen molar-refractivity contribution in [3.63, 3.8) is 0 Å². The third kappa shape index (κ3) is 4.32. The van der Waals surface area contributed by atoms with E-state index in [0.717, 1.165) is 5.69 Å². The lowest BCUT2D eigenvalue weighted by molar-refractivity contribution is 0.102. The molecule has 0 atom stereocenters. The molecule has 1 aliphatic rings. The van der Waals surface area contributed by atoms with E-state index in [1.54, 1.807) is 35.1 Å². The maximum Gasteiger partial charge on any atom is 0.256 e. The molecule has 1 aromatic carbocycles. The van der Waals surface area contributed by atoms with Crippen LogP contribution in [0.3, 0.4) is 0 Å². The van der Waals surface area contributed by atoms with E-state index in [9.17, 15) is 13.2 Å². The Morgan fingerprint density at radius 3 is 2.42 bits per heavy atom. The molecule has 0 bridgehead atoms. The molecule has 1 N–H and O–H groups in total. The zero-order chi connectivity index (χ0) is 22.2. The largest absolute Gasteiger partial charge is 0.306 e. The van der Waals surface area contributed by atoms with Crippen LogP contribution in [-0.4, -0.2) is 41.4 Å². The van der Waals surface area contributed by atoms with Crippen molar-refractivity contribution in [3.05, 3.63) is 66.0 Å². The topological polar surface area (TPSA) is 97.2 Å². The van der Waals surface area contributed by atoms with Gasteiger partial charge < -0.3 is 5.32 Å². The fraction of sp³-hybridized carbons (Fsp3) is 0.318. The molecular weight excluding hydrogens is 414 g/mol. The number of rotatable bonds is 4. The van der Waals surface area contributed by atoms with Crippen LogP contribution >= 0.6 is 0 Å². The standard InChI is InChI=1S/C22H25N5O3S/c1-22(2,3)18-15-20(27(25-18)19-7-4-5-12-23-19)24-21(28)16-8-10-17(11-9-16)26-13-6-14-31(26,29)30/h4-5,7-12,15H,6,13-14H2,1-3H3,(H,24,28). The highest BCUT2D eigenvalue weighted by Crippen LogP contribution is 2.27. The van der Waals surface area contributed by atoms with E-state index in [4.69, 9.17) is 0 Å². The van der Waals surface area contributed by atoms with Gasteiger partial charge in [-0.1, -0.05) is 26.8 Å². The van der Waals surface area contributed by atoms with Gasteiger partial charge in [0.15, 0.2) is 5.82 Å². The molecule has 1 aliphatic heterocycles. The molecule has 8 nitrogen and oxygen atoms in total. The van der Waals surface area contributed by atoms with Gasteiger partial charge in [0.05, 0.1) is 17.1 Å². The Balaban J connectivity index is 1.60. The summed E-state index contributed by atoms with van der Waals surface area (Å²) < 4.78 is 27.2. The number of nitrogens with one attached hydrogen (secondary N) is 1. The maximum atomic E-state index is 12.9. The number of hydrogen-bond donors (Lipinski definition) is 1. The van der Waals surface area contributed by atoms with Gasteiger partial charge in [0.1, 0.15) is 5.82 Å². The quantitative estimate of drug-likeness (QED) is 0.672. The second-order valence-electron chi connectivity index (χ2n) is 8.51. The van der Waals surface area contributed by atoms with E-state index in [2.05, 4.69) is 36.2 Å². The monoisotopic (exact) mass is 439 g/mol. The molecule has 1 fully saturated rings. The molecule has 0 unspecified atom stereocenters. The number of carbonyl (C=O) groups is 1. The van der Waals surface area contributed by atoms with Crippen LogP contribution in [0.4, 0.5) is 11.5 Å². The zero-order valence-corrected chi connectivity index (χ0v) is 18.6. The third-order valence-corrected chi connectivity index (χ3v) is 6.97. The molecule has 3 aromatic rings. The SMILES string of the molecule is CC(C)(C)c1cc(NC(=O)c2ccc(N3CCCS3(=O)=O)cc2)n(-c2ccccn2)n1. The summed E-state index contributed by atoms with van der Waals surface area (Å²) in [7, 11) is -3.26. The summed E-state index contributed by atoms with van der Waals surface area (Å²) in [5, 5.41) is 7.56. The smallest absolute Gasteiger partial charge is 0.256 e. The molecule has 0 aliphatic carbocycles. The minimum atomic E-state index is -3.26. The lowest BCUT2D eigenvalue weighted by Gasteiger charge is -2.17. The van der Waals surface area contributed by atoms with E-state index in [-0.39, 0.29) is 17.1 Å². The summed E-state index contributed by atoms with van der Waals surface area (Å²) in [5.41, 5.74) is 1.61. The summed E-state index contributed by atoms with van der Waals surface area (Å²) in [4.78, 5) is 17.3. The van der Waals surface area contributed by atoms with Gasteiger partial charge in [-0.25, -0.2) is 13.4 Å². The van der Waals surface area contributed by atoms with E-state index in [1.165, 1.54) is 4.31 Å². The van der Waals surface area contributed by atoms with Crippen molar-refractivity contribution in [2.45, 2.75) is 32.6 Å². The van der Waals surface area contributed by atoms with Crippen LogP contribution in [-0.2, 0) is 15.4 Å². The highest BCUT2D eigenvalue weighted by Gasteiger charge is 2.28. The zero-order valence-electron chi connectivity index (χ0n) is 17.7. The molecule has 3 heterocycles. The minimum Gasteiger partial charge on any atom is -0.306 e. The average Bonchev–Trinajstić information content (AvgIpc) is 3.31. The Morgan fingerprint density at radius 2 is 1.84 bits per heavy atom. The molecule has 4 rings (SSSR count). The first-order valence-corrected chi connectivity index (χ1v) is 11.7. The Kier molecular flexibility index (Phi) is 5.30. The number of benzene rings is 1. The number of aromatic nitrogens is 3. The van der Waals surface area contributed by atoms with Crippen LogP contribution in [0, 0.1) is 0 Å². The fourth-order valence-electron chi connectivity index (χ4n) is 3.39. The summed E-state index contributed by atoms with van der Waals surface area (Å²) in [5.74, 6) is 0.958. The number of hydrogen-bond acceptors (Lipinski definition) is 5. The Morgan fingerprint density at radius 1 is 1.10 bits per heavy atom. The van der Waals surface area contributed by atoms with Gasteiger partial charge in [-0.2, -0.15) is 9.78 Å². The number of pyridine rings is 1. The molecule has 31 heavy (non-hydrogen) atoms. The van der Waals surface area contributed by atoms with Crippen molar-refractivity contribution in [2.24, 2.45) is 0 Å². The first-order chi connectivity index (χ1) is 14.6.